The first-order valence-corrected chi connectivity index (χ1v) is 7.53. The molecule has 0 bridgehead atoms. The Morgan fingerprint density at radius 2 is 1.84 bits per heavy atom. The van der Waals surface area contributed by atoms with Crippen molar-refractivity contribution in [2.75, 3.05) is 18.5 Å². The molecule has 0 aromatic heterocycles. The number of nitro groups is 1. The fourth-order valence-electron chi connectivity index (χ4n) is 2.26. The van der Waals surface area contributed by atoms with Crippen molar-refractivity contribution in [1.82, 2.24) is 0 Å². The number of amides is 1. The van der Waals surface area contributed by atoms with Gasteiger partial charge in [-0.15, -0.1) is 0 Å². The Bertz CT molecular complexity index is 731. The van der Waals surface area contributed by atoms with Crippen LogP contribution in [0.1, 0.15) is 17.0 Å². The van der Waals surface area contributed by atoms with Crippen LogP contribution in [-0.4, -0.2) is 34.4 Å². The molecule has 25 heavy (non-hydrogen) atoms. The average Bonchev–Trinajstić information content (AvgIpc) is 2.62. The molecule has 0 spiro atoms. The lowest BCUT2D eigenvalue weighted by Crippen LogP contribution is -2.15. The van der Waals surface area contributed by atoms with Crippen molar-refractivity contribution in [3.63, 3.8) is 0 Å². The van der Waals surface area contributed by atoms with Gasteiger partial charge in [-0.05, 0) is 17.7 Å². The molecule has 1 amide bonds. The fourth-order valence-corrected chi connectivity index (χ4v) is 2.26. The van der Waals surface area contributed by atoms with Gasteiger partial charge in [-0.25, -0.2) is 4.79 Å². The van der Waals surface area contributed by atoms with Gasteiger partial charge in [0.05, 0.1) is 23.8 Å². The van der Waals surface area contributed by atoms with Gasteiger partial charge >= 0.3 is 6.09 Å². The number of nitrogens with zero attached hydrogens (tertiary/aromatic N) is 1. The molecule has 0 heterocycles. The fraction of sp³-hybridized carbons (Fsp3) is 0.235. The van der Waals surface area contributed by atoms with E-state index in [0.717, 1.165) is 11.6 Å². The number of hydrogen-bond donors (Lipinski definition) is 3. The van der Waals surface area contributed by atoms with Crippen molar-refractivity contribution in [1.29, 1.82) is 0 Å². The Morgan fingerprint density at radius 1 is 1.16 bits per heavy atom. The summed E-state index contributed by atoms with van der Waals surface area (Å²) in [7, 11) is 0. The minimum Gasteiger partial charge on any atom is -0.444 e. The molecule has 0 atom stereocenters. The van der Waals surface area contributed by atoms with E-state index >= 15 is 0 Å². The summed E-state index contributed by atoms with van der Waals surface area (Å²) in [6.45, 7) is -0.781. The zero-order valence-electron chi connectivity index (χ0n) is 13.3. The van der Waals surface area contributed by atoms with Crippen molar-refractivity contribution in [3.8, 4) is 0 Å². The maximum Gasteiger partial charge on any atom is 0.411 e. The van der Waals surface area contributed by atoms with E-state index < -0.39 is 30.1 Å². The lowest BCUT2D eigenvalue weighted by Gasteiger charge is -2.13. The highest BCUT2D eigenvalue weighted by atomic mass is 16.6. The normalized spacial score (nSPS) is 10.5. The quantitative estimate of drug-likeness (QED) is 0.523. The summed E-state index contributed by atoms with van der Waals surface area (Å²) in [6, 6.07) is 13.1. The van der Waals surface area contributed by atoms with Crippen LogP contribution in [0.5, 0.6) is 0 Å². The number of benzene rings is 2. The van der Waals surface area contributed by atoms with Gasteiger partial charge in [0.15, 0.2) is 0 Å². The minimum atomic E-state index is -0.764. The maximum absolute atomic E-state index is 11.8. The van der Waals surface area contributed by atoms with E-state index in [2.05, 4.69) is 5.32 Å². The van der Waals surface area contributed by atoms with E-state index in [1.54, 1.807) is 12.1 Å². The van der Waals surface area contributed by atoms with Crippen molar-refractivity contribution < 1.29 is 24.7 Å². The molecule has 0 aliphatic carbocycles. The van der Waals surface area contributed by atoms with E-state index in [1.165, 1.54) is 12.1 Å². The van der Waals surface area contributed by atoms with Crippen molar-refractivity contribution >= 4 is 17.5 Å². The second kappa shape index (κ2) is 8.76. The minimum absolute atomic E-state index is 0.0734. The van der Waals surface area contributed by atoms with E-state index in [0.29, 0.717) is 0 Å². The number of nitrogens with one attached hydrogen (secondary N) is 1. The molecule has 2 aromatic rings. The van der Waals surface area contributed by atoms with Crippen molar-refractivity contribution in [2.24, 2.45) is 0 Å². The van der Waals surface area contributed by atoms with E-state index in [4.69, 9.17) is 4.74 Å². The molecular weight excluding hydrogens is 328 g/mol. The van der Waals surface area contributed by atoms with Gasteiger partial charge < -0.3 is 14.9 Å². The molecule has 0 aliphatic heterocycles. The molecule has 0 radical (unpaired) electrons. The Labute approximate surface area is 143 Å². The number of ether oxygens (including phenoxy) is 1. The summed E-state index contributed by atoms with van der Waals surface area (Å²) < 4.78 is 5.05. The van der Waals surface area contributed by atoms with Crippen molar-refractivity contribution in [2.45, 2.75) is 12.5 Å². The van der Waals surface area contributed by atoms with Gasteiger partial charge in [0, 0.05) is 17.5 Å². The zero-order valence-corrected chi connectivity index (χ0v) is 13.3. The second-order valence-corrected chi connectivity index (χ2v) is 5.28. The smallest absolute Gasteiger partial charge is 0.411 e. The van der Waals surface area contributed by atoms with Crippen LogP contribution in [0, 0.1) is 10.1 Å². The molecule has 0 saturated heterocycles. The molecular formula is C17H18N2O6. The van der Waals surface area contributed by atoms with Crippen LogP contribution in [0.4, 0.5) is 16.2 Å². The van der Waals surface area contributed by atoms with Gasteiger partial charge in [-0.3, -0.25) is 15.4 Å². The second-order valence-electron chi connectivity index (χ2n) is 5.28. The van der Waals surface area contributed by atoms with Gasteiger partial charge in [0.25, 0.3) is 5.69 Å². The lowest BCUT2D eigenvalue weighted by atomic mass is 9.98. The van der Waals surface area contributed by atoms with Gasteiger partial charge in [-0.2, -0.15) is 0 Å². The van der Waals surface area contributed by atoms with Crippen LogP contribution in [0.2, 0.25) is 0 Å². The summed E-state index contributed by atoms with van der Waals surface area (Å²) in [5.41, 5.74) is 0.892. The summed E-state index contributed by atoms with van der Waals surface area (Å²) in [5.74, 6) is -0.764. The highest BCUT2D eigenvalue weighted by Gasteiger charge is 2.22. The molecule has 0 aliphatic rings. The first kappa shape index (κ1) is 18.4. The molecule has 132 valence electrons. The predicted molar refractivity (Wildman–Crippen MR) is 90.3 cm³/mol. The Hall–Kier alpha value is -2.97. The van der Waals surface area contributed by atoms with Crippen molar-refractivity contribution in [3.05, 3.63) is 69.8 Å². The molecule has 0 unspecified atom stereocenters. The third kappa shape index (κ3) is 5.00. The molecule has 8 heteroatoms. The number of aliphatic hydroxyl groups is 2. The molecule has 3 N–H and O–H groups in total. The number of hydrogen-bond acceptors (Lipinski definition) is 6. The number of aliphatic hydroxyl groups excluding tert-OH is 2. The predicted octanol–water partition coefficient (Wildman–Crippen LogP) is 2.41. The highest BCUT2D eigenvalue weighted by Crippen LogP contribution is 2.29. The summed E-state index contributed by atoms with van der Waals surface area (Å²) in [5, 5.41) is 32.0. The number of carbonyl (C=O) groups excluding carboxylic acids is 1. The summed E-state index contributed by atoms with van der Waals surface area (Å²) in [6.07, 6.45) is -0.744. The van der Waals surface area contributed by atoms with E-state index in [-0.39, 0.29) is 23.5 Å². The molecule has 8 nitrogen and oxygen atoms in total. The van der Waals surface area contributed by atoms with Gasteiger partial charge in [0.1, 0.15) is 6.61 Å². The average molecular weight is 346 g/mol. The van der Waals surface area contributed by atoms with E-state index in [1.807, 2.05) is 18.2 Å². The first-order valence-electron chi connectivity index (χ1n) is 7.53. The third-order valence-electron chi connectivity index (χ3n) is 3.57. The Morgan fingerprint density at radius 3 is 2.44 bits per heavy atom. The molecule has 0 fully saturated rings. The Kier molecular flexibility index (Phi) is 6.44. The Balaban J connectivity index is 2.07. The lowest BCUT2D eigenvalue weighted by molar-refractivity contribution is -0.385. The van der Waals surface area contributed by atoms with Crippen LogP contribution in [-0.2, 0) is 11.3 Å². The maximum atomic E-state index is 11.8. The SMILES string of the molecule is O=C(Nc1ccc(C(CO)CO)c([N+](=O)[O-])c1)OCc1ccccc1. The molecule has 2 aromatic carbocycles. The largest absolute Gasteiger partial charge is 0.444 e. The van der Waals surface area contributed by atoms with Crippen LogP contribution in [0.25, 0.3) is 0 Å². The monoisotopic (exact) mass is 346 g/mol. The van der Waals surface area contributed by atoms with E-state index in [9.17, 15) is 25.1 Å². The van der Waals surface area contributed by atoms with Crippen LogP contribution >= 0.6 is 0 Å². The third-order valence-corrected chi connectivity index (χ3v) is 3.57. The molecule has 2 rings (SSSR count). The van der Waals surface area contributed by atoms with Crippen LogP contribution in [0.15, 0.2) is 48.5 Å². The van der Waals surface area contributed by atoms with Crippen LogP contribution in [0.3, 0.4) is 0 Å². The summed E-state index contributed by atoms with van der Waals surface area (Å²) in [4.78, 5) is 22.4. The molecule has 0 saturated carbocycles. The highest BCUT2D eigenvalue weighted by molar-refractivity contribution is 5.85. The van der Waals surface area contributed by atoms with Gasteiger partial charge in [0.2, 0.25) is 0 Å². The standard InChI is InChI=1S/C17H18N2O6/c20-9-13(10-21)15-7-6-14(8-16(15)19(23)24)18-17(22)25-11-12-4-2-1-3-5-12/h1-8,13,20-21H,9-11H2,(H,18,22). The zero-order chi connectivity index (χ0) is 18.2. The van der Waals surface area contributed by atoms with Gasteiger partial charge in [-0.1, -0.05) is 30.3 Å². The number of nitro benzene ring substituents is 1. The number of rotatable bonds is 7. The summed E-state index contributed by atoms with van der Waals surface area (Å²) >= 11 is 0. The first-order chi connectivity index (χ1) is 12.0. The topological polar surface area (TPSA) is 122 Å². The van der Waals surface area contributed by atoms with Crippen LogP contribution < -0.4 is 5.32 Å². The number of anilines is 1. The number of carbonyl (C=O) groups is 1.